The van der Waals surface area contributed by atoms with Crippen LogP contribution in [0.1, 0.15) is 19.3 Å². The first-order valence-corrected chi connectivity index (χ1v) is 3.96. The van der Waals surface area contributed by atoms with Gasteiger partial charge in [0, 0.05) is 6.42 Å². The molecule has 0 spiro atoms. The van der Waals surface area contributed by atoms with Crippen LogP contribution in [0.15, 0.2) is 0 Å². The van der Waals surface area contributed by atoms with Gasteiger partial charge in [-0.05, 0) is 19.4 Å². The molecule has 0 aromatic rings. The Morgan fingerprint density at radius 1 is 1.73 bits per heavy atom. The maximum atomic E-state index is 10.9. The topological polar surface area (TPSA) is 61.4 Å². The number of carbonyl (C=O) groups excluding carboxylic acids is 1. The molecule has 1 amide bonds. The molecule has 1 unspecified atom stereocenters. The van der Waals surface area contributed by atoms with Crippen LogP contribution >= 0.6 is 0 Å². The van der Waals surface area contributed by atoms with Crippen molar-refractivity contribution < 1.29 is 9.90 Å². The molecule has 0 aromatic carbocycles. The summed E-state index contributed by atoms with van der Waals surface area (Å²) < 4.78 is 0. The van der Waals surface area contributed by atoms with E-state index in [0.29, 0.717) is 0 Å². The lowest BCUT2D eigenvalue weighted by molar-refractivity contribution is -0.122. The Bertz CT molecular complexity index is 132. The van der Waals surface area contributed by atoms with Gasteiger partial charge in [-0.1, -0.05) is 0 Å². The van der Waals surface area contributed by atoms with Crippen molar-refractivity contribution in [2.24, 2.45) is 0 Å². The molecule has 1 aliphatic heterocycles. The largest absolute Gasteiger partial charge is 0.396 e. The number of rotatable bonds is 3. The highest BCUT2D eigenvalue weighted by Crippen LogP contribution is 2.01. The van der Waals surface area contributed by atoms with Crippen molar-refractivity contribution in [3.8, 4) is 0 Å². The maximum Gasteiger partial charge on any atom is 0.223 e. The van der Waals surface area contributed by atoms with Crippen LogP contribution in [-0.4, -0.2) is 30.3 Å². The average molecular weight is 158 g/mol. The van der Waals surface area contributed by atoms with Crippen molar-refractivity contribution in [2.45, 2.75) is 25.4 Å². The van der Waals surface area contributed by atoms with Crippen molar-refractivity contribution in [1.29, 1.82) is 0 Å². The third kappa shape index (κ3) is 2.86. The summed E-state index contributed by atoms with van der Waals surface area (Å²) in [6, 6.07) is 0. The van der Waals surface area contributed by atoms with Gasteiger partial charge in [0.2, 0.25) is 5.91 Å². The zero-order chi connectivity index (χ0) is 8.10. The second kappa shape index (κ2) is 4.31. The Balaban J connectivity index is 2.13. The van der Waals surface area contributed by atoms with Crippen LogP contribution < -0.4 is 10.6 Å². The minimum atomic E-state index is -0.0769. The molecule has 1 atom stereocenters. The Hall–Kier alpha value is -0.610. The summed E-state index contributed by atoms with van der Waals surface area (Å²) in [6.45, 7) is 0.905. The van der Waals surface area contributed by atoms with Crippen molar-refractivity contribution in [3.05, 3.63) is 0 Å². The monoisotopic (exact) mass is 158 g/mol. The maximum absolute atomic E-state index is 10.9. The molecular formula is C7H14N2O2. The van der Waals surface area contributed by atoms with Crippen LogP contribution in [0.4, 0.5) is 0 Å². The van der Waals surface area contributed by atoms with Gasteiger partial charge in [0.05, 0.1) is 12.8 Å². The lowest BCUT2D eigenvalue weighted by atomic mass is 10.3. The van der Waals surface area contributed by atoms with E-state index < -0.39 is 0 Å². The summed E-state index contributed by atoms with van der Waals surface area (Å²) in [5.74, 6) is -0.0769. The smallest absolute Gasteiger partial charge is 0.223 e. The van der Waals surface area contributed by atoms with E-state index in [1.165, 1.54) is 0 Å². The van der Waals surface area contributed by atoms with E-state index in [1.54, 1.807) is 0 Å². The fraction of sp³-hybridized carbons (Fsp3) is 0.857. The second-order valence-corrected chi connectivity index (χ2v) is 2.69. The minimum absolute atomic E-state index is 0.0709. The first-order valence-electron chi connectivity index (χ1n) is 3.96. The van der Waals surface area contributed by atoms with E-state index in [2.05, 4.69) is 10.6 Å². The van der Waals surface area contributed by atoms with E-state index in [4.69, 9.17) is 5.11 Å². The molecule has 0 aromatic heterocycles. The summed E-state index contributed by atoms with van der Waals surface area (Å²) in [6.07, 6.45) is 2.45. The highest BCUT2D eigenvalue weighted by Gasteiger charge is 2.15. The number of carbonyl (C=O) groups is 1. The molecule has 3 N–H and O–H groups in total. The van der Waals surface area contributed by atoms with Crippen molar-refractivity contribution in [3.63, 3.8) is 0 Å². The fourth-order valence-corrected chi connectivity index (χ4v) is 1.18. The molecule has 11 heavy (non-hydrogen) atoms. The fourth-order valence-electron chi connectivity index (χ4n) is 1.18. The number of aliphatic hydroxyl groups is 1. The third-order valence-electron chi connectivity index (χ3n) is 1.73. The summed E-state index contributed by atoms with van der Waals surface area (Å²) in [5.41, 5.74) is 0. The molecule has 0 saturated carbocycles. The Morgan fingerprint density at radius 3 is 3.09 bits per heavy atom. The minimum Gasteiger partial charge on any atom is -0.396 e. The molecule has 64 valence electrons. The van der Waals surface area contributed by atoms with Gasteiger partial charge in [0.1, 0.15) is 0 Å². The molecule has 0 bridgehead atoms. The van der Waals surface area contributed by atoms with E-state index >= 15 is 0 Å². The molecule has 4 heteroatoms. The Labute approximate surface area is 66.0 Å². The number of amides is 1. The zero-order valence-corrected chi connectivity index (χ0v) is 6.47. The van der Waals surface area contributed by atoms with Gasteiger partial charge >= 0.3 is 0 Å². The predicted molar refractivity (Wildman–Crippen MR) is 40.9 cm³/mol. The standard InChI is InChI=1S/C7H14N2O2/c10-5-3-7(11)9-6-2-1-4-8-6/h6,8,10H,1-5H2,(H,9,11). The number of hydrogen-bond acceptors (Lipinski definition) is 3. The quantitative estimate of drug-likeness (QED) is 0.503. The average Bonchev–Trinajstić information content (AvgIpc) is 2.40. The molecule has 1 rings (SSSR count). The summed E-state index contributed by atoms with van der Waals surface area (Å²) >= 11 is 0. The highest BCUT2D eigenvalue weighted by molar-refractivity contribution is 5.76. The lowest BCUT2D eigenvalue weighted by Gasteiger charge is -2.11. The van der Waals surface area contributed by atoms with Gasteiger partial charge in [-0.2, -0.15) is 0 Å². The Kier molecular flexibility index (Phi) is 3.32. The molecule has 1 fully saturated rings. The van der Waals surface area contributed by atoms with Crippen LogP contribution in [0, 0.1) is 0 Å². The van der Waals surface area contributed by atoms with E-state index in [9.17, 15) is 4.79 Å². The van der Waals surface area contributed by atoms with Crippen LogP contribution in [0.2, 0.25) is 0 Å². The van der Waals surface area contributed by atoms with Gasteiger partial charge in [-0.15, -0.1) is 0 Å². The number of aliphatic hydroxyl groups excluding tert-OH is 1. The van der Waals surface area contributed by atoms with Crippen molar-refractivity contribution in [1.82, 2.24) is 10.6 Å². The zero-order valence-electron chi connectivity index (χ0n) is 6.47. The third-order valence-corrected chi connectivity index (χ3v) is 1.73. The molecule has 4 nitrogen and oxygen atoms in total. The number of nitrogens with one attached hydrogen (secondary N) is 2. The normalized spacial score (nSPS) is 23.5. The molecule has 0 aliphatic carbocycles. The first-order chi connectivity index (χ1) is 5.33. The SMILES string of the molecule is O=C(CCO)NC1CCCN1. The van der Waals surface area contributed by atoms with E-state index in [1.807, 2.05) is 0 Å². The van der Waals surface area contributed by atoms with Crippen LogP contribution in [0.3, 0.4) is 0 Å². The van der Waals surface area contributed by atoms with Crippen molar-refractivity contribution in [2.75, 3.05) is 13.2 Å². The first kappa shape index (κ1) is 8.49. The lowest BCUT2D eigenvalue weighted by Crippen LogP contribution is -2.41. The van der Waals surface area contributed by atoms with Gasteiger partial charge in [-0.25, -0.2) is 0 Å². The molecule has 0 radical (unpaired) electrons. The van der Waals surface area contributed by atoms with Crippen LogP contribution in [0.25, 0.3) is 0 Å². The van der Waals surface area contributed by atoms with Gasteiger partial charge in [-0.3, -0.25) is 10.1 Å². The molecular weight excluding hydrogens is 144 g/mol. The Morgan fingerprint density at radius 2 is 2.55 bits per heavy atom. The van der Waals surface area contributed by atoms with E-state index in [0.717, 1.165) is 19.4 Å². The summed E-state index contributed by atoms with van der Waals surface area (Å²) in [5, 5.41) is 14.3. The van der Waals surface area contributed by atoms with Crippen LogP contribution in [0.5, 0.6) is 0 Å². The van der Waals surface area contributed by atoms with Gasteiger partial charge in [0.15, 0.2) is 0 Å². The van der Waals surface area contributed by atoms with Gasteiger partial charge in [0.25, 0.3) is 0 Å². The highest BCUT2D eigenvalue weighted by atomic mass is 16.3. The van der Waals surface area contributed by atoms with E-state index in [-0.39, 0.29) is 25.1 Å². The second-order valence-electron chi connectivity index (χ2n) is 2.69. The predicted octanol–water partition coefficient (Wildman–Crippen LogP) is -0.806. The number of hydrogen-bond donors (Lipinski definition) is 3. The van der Waals surface area contributed by atoms with Crippen molar-refractivity contribution >= 4 is 5.91 Å². The molecule has 1 heterocycles. The molecule has 1 saturated heterocycles. The van der Waals surface area contributed by atoms with Crippen LogP contribution in [-0.2, 0) is 4.79 Å². The summed E-state index contributed by atoms with van der Waals surface area (Å²) in [4.78, 5) is 10.9. The molecule has 1 aliphatic rings. The van der Waals surface area contributed by atoms with Gasteiger partial charge < -0.3 is 10.4 Å². The summed E-state index contributed by atoms with van der Waals surface area (Å²) in [7, 11) is 0.